The van der Waals surface area contributed by atoms with Crippen molar-refractivity contribution in [3.05, 3.63) is 65.7 Å². The fraction of sp³-hybridized carbons (Fsp3) is 0.261. The van der Waals surface area contributed by atoms with E-state index in [0.717, 1.165) is 30.2 Å². The molecule has 3 aromatic rings. The number of carbonyl (C=O) groups is 1. The summed E-state index contributed by atoms with van der Waals surface area (Å²) in [6, 6.07) is 16.8. The van der Waals surface area contributed by atoms with Crippen LogP contribution in [-0.2, 0) is 27.7 Å². The first-order valence-electron chi connectivity index (χ1n) is 9.79. The summed E-state index contributed by atoms with van der Waals surface area (Å²) in [6.07, 6.45) is 2.50. The highest BCUT2D eigenvalue weighted by Crippen LogP contribution is 2.35. The third kappa shape index (κ3) is 3.85. The first kappa shape index (κ1) is 20.2. The first-order valence-corrected chi connectivity index (χ1v) is 11.6. The fourth-order valence-electron chi connectivity index (χ4n) is 3.77. The van der Waals surface area contributed by atoms with Gasteiger partial charge in [0.1, 0.15) is 5.75 Å². The van der Waals surface area contributed by atoms with Crippen molar-refractivity contribution in [2.24, 2.45) is 0 Å². The zero-order chi connectivity index (χ0) is 21.5. The van der Waals surface area contributed by atoms with Crippen LogP contribution in [0.5, 0.6) is 5.75 Å². The summed E-state index contributed by atoms with van der Waals surface area (Å²) < 4.78 is 30.2. The quantitative estimate of drug-likeness (QED) is 0.654. The molecule has 7 heteroatoms. The number of carbonyl (C=O) groups excluding carboxylic acids is 1. The number of hydrogen-bond donors (Lipinski definition) is 1. The molecule has 156 valence electrons. The maximum atomic E-state index is 12.7. The third-order valence-corrected chi connectivity index (χ3v) is 6.72. The number of anilines is 2. The number of hydrogen-bond acceptors (Lipinski definition) is 4. The summed E-state index contributed by atoms with van der Waals surface area (Å²) in [7, 11) is -1.85. The summed E-state index contributed by atoms with van der Waals surface area (Å²) in [4.78, 5) is 12.7. The molecule has 0 heterocycles. The van der Waals surface area contributed by atoms with Crippen LogP contribution in [0.15, 0.2) is 54.6 Å². The molecule has 0 bridgehead atoms. The summed E-state index contributed by atoms with van der Waals surface area (Å²) in [5.74, 6) is 0.245. The van der Waals surface area contributed by atoms with E-state index in [-0.39, 0.29) is 5.91 Å². The molecule has 1 aliphatic rings. The number of benzene rings is 3. The van der Waals surface area contributed by atoms with E-state index in [9.17, 15) is 13.2 Å². The Hall–Kier alpha value is -3.06. The van der Waals surface area contributed by atoms with Gasteiger partial charge in [0.2, 0.25) is 10.0 Å². The van der Waals surface area contributed by atoms with Gasteiger partial charge in [0, 0.05) is 18.1 Å². The van der Waals surface area contributed by atoms with Gasteiger partial charge in [0.15, 0.2) is 6.10 Å². The van der Waals surface area contributed by atoms with Gasteiger partial charge in [0.25, 0.3) is 5.91 Å². The Morgan fingerprint density at radius 2 is 1.70 bits per heavy atom. The van der Waals surface area contributed by atoms with Crippen molar-refractivity contribution in [3.8, 4) is 5.75 Å². The van der Waals surface area contributed by atoms with E-state index >= 15 is 0 Å². The van der Waals surface area contributed by atoms with Crippen molar-refractivity contribution in [3.63, 3.8) is 0 Å². The minimum atomic E-state index is -3.33. The predicted octanol–water partition coefficient (Wildman–Crippen LogP) is 3.74. The van der Waals surface area contributed by atoms with Gasteiger partial charge in [-0.05, 0) is 66.6 Å². The van der Waals surface area contributed by atoms with Crippen LogP contribution in [0.3, 0.4) is 0 Å². The molecular weight excluding hydrogens is 400 g/mol. The van der Waals surface area contributed by atoms with Crippen molar-refractivity contribution in [1.29, 1.82) is 0 Å². The smallest absolute Gasteiger partial charge is 0.265 e. The normalized spacial score (nSPS) is 13.8. The number of sulfonamides is 1. The predicted molar refractivity (Wildman–Crippen MR) is 120 cm³/mol. The van der Waals surface area contributed by atoms with E-state index in [0.29, 0.717) is 11.4 Å². The Balaban J connectivity index is 1.47. The molecule has 6 nitrogen and oxygen atoms in total. The first-order chi connectivity index (χ1) is 14.2. The lowest BCUT2D eigenvalue weighted by Crippen LogP contribution is -2.30. The average molecular weight is 425 g/mol. The van der Waals surface area contributed by atoms with Crippen LogP contribution in [0.1, 0.15) is 18.1 Å². The minimum Gasteiger partial charge on any atom is -0.481 e. The summed E-state index contributed by atoms with van der Waals surface area (Å²) >= 11 is 0. The molecule has 0 spiro atoms. The molecule has 0 aromatic heterocycles. The highest BCUT2D eigenvalue weighted by atomic mass is 32.2. The number of ether oxygens (including phenoxy) is 1. The number of nitrogens with zero attached hydrogens (tertiary/aromatic N) is 1. The number of amides is 1. The van der Waals surface area contributed by atoms with Gasteiger partial charge in [-0.25, -0.2) is 8.42 Å². The van der Waals surface area contributed by atoms with Crippen molar-refractivity contribution >= 4 is 38.1 Å². The van der Waals surface area contributed by atoms with Gasteiger partial charge >= 0.3 is 0 Å². The van der Waals surface area contributed by atoms with Crippen LogP contribution in [0, 0.1) is 0 Å². The zero-order valence-corrected chi connectivity index (χ0v) is 18.0. The molecule has 0 aliphatic heterocycles. The molecule has 1 N–H and O–H groups in total. The van der Waals surface area contributed by atoms with Crippen LogP contribution in [0.2, 0.25) is 0 Å². The highest BCUT2D eigenvalue weighted by Gasteiger charge is 2.20. The van der Waals surface area contributed by atoms with Gasteiger partial charge < -0.3 is 10.1 Å². The third-order valence-electron chi connectivity index (χ3n) is 5.51. The average Bonchev–Trinajstić information content (AvgIpc) is 3.14. The van der Waals surface area contributed by atoms with Gasteiger partial charge in [-0.1, -0.05) is 24.3 Å². The van der Waals surface area contributed by atoms with Crippen LogP contribution >= 0.6 is 0 Å². The van der Waals surface area contributed by atoms with E-state index in [1.807, 2.05) is 18.2 Å². The maximum Gasteiger partial charge on any atom is 0.265 e. The fourth-order valence-corrected chi connectivity index (χ4v) is 4.28. The lowest BCUT2D eigenvalue weighted by atomic mass is 10.0. The van der Waals surface area contributed by atoms with E-state index in [1.165, 1.54) is 27.9 Å². The van der Waals surface area contributed by atoms with Gasteiger partial charge in [-0.2, -0.15) is 0 Å². The van der Waals surface area contributed by atoms with Crippen molar-refractivity contribution < 1.29 is 17.9 Å². The van der Waals surface area contributed by atoms with E-state index in [1.54, 1.807) is 31.2 Å². The molecule has 0 radical (unpaired) electrons. The molecular formula is C23H24N2O4S. The number of aryl methyl sites for hydroxylation is 2. The molecule has 1 aliphatic carbocycles. The van der Waals surface area contributed by atoms with E-state index < -0.39 is 16.1 Å². The Kier molecular flexibility index (Phi) is 5.15. The lowest BCUT2D eigenvalue weighted by Gasteiger charge is -2.18. The Labute approximate surface area is 176 Å². The largest absolute Gasteiger partial charge is 0.481 e. The summed E-state index contributed by atoms with van der Waals surface area (Å²) in [5.41, 5.74) is 3.95. The van der Waals surface area contributed by atoms with Crippen LogP contribution in [0.25, 0.3) is 10.8 Å². The van der Waals surface area contributed by atoms with Crippen molar-refractivity contribution in [2.45, 2.75) is 25.9 Å². The molecule has 3 aromatic carbocycles. The Bertz CT molecular complexity index is 1210. The Morgan fingerprint density at radius 1 is 1.03 bits per heavy atom. The minimum absolute atomic E-state index is 0.244. The maximum absolute atomic E-state index is 12.7. The molecule has 1 unspecified atom stereocenters. The second kappa shape index (κ2) is 7.65. The molecule has 0 saturated carbocycles. The van der Waals surface area contributed by atoms with Crippen LogP contribution < -0.4 is 14.4 Å². The molecule has 30 heavy (non-hydrogen) atoms. The van der Waals surface area contributed by atoms with Crippen LogP contribution in [0.4, 0.5) is 11.4 Å². The topological polar surface area (TPSA) is 75.7 Å². The second-order valence-electron chi connectivity index (χ2n) is 7.59. The van der Waals surface area contributed by atoms with Gasteiger partial charge in [0.05, 0.1) is 11.9 Å². The molecule has 0 fully saturated rings. The molecule has 1 atom stereocenters. The second-order valence-corrected chi connectivity index (χ2v) is 9.60. The van der Waals surface area contributed by atoms with Crippen molar-refractivity contribution in [1.82, 2.24) is 0 Å². The summed E-state index contributed by atoms with van der Waals surface area (Å²) in [5, 5.41) is 5.28. The van der Waals surface area contributed by atoms with Gasteiger partial charge in [-0.3, -0.25) is 9.10 Å². The van der Waals surface area contributed by atoms with E-state index in [4.69, 9.17) is 4.74 Å². The van der Waals surface area contributed by atoms with Gasteiger partial charge in [-0.15, -0.1) is 0 Å². The monoisotopic (exact) mass is 424 g/mol. The molecule has 0 saturated heterocycles. The van der Waals surface area contributed by atoms with E-state index in [2.05, 4.69) is 17.4 Å². The zero-order valence-electron chi connectivity index (χ0n) is 17.2. The number of nitrogens with one attached hydrogen (secondary N) is 1. The van der Waals surface area contributed by atoms with Crippen LogP contribution in [-0.4, -0.2) is 33.7 Å². The summed E-state index contributed by atoms with van der Waals surface area (Å²) in [6.45, 7) is 1.69. The SMILES string of the molecule is CC(Oc1ccc(N(C)S(C)(=O)=O)cc1)C(=O)Nc1ccc2c3c(cccc13)CC2. The molecule has 4 rings (SSSR count). The lowest BCUT2D eigenvalue weighted by molar-refractivity contribution is -0.122. The highest BCUT2D eigenvalue weighted by molar-refractivity contribution is 7.92. The van der Waals surface area contributed by atoms with Crippen molar-refractivity contribution in [2.75, 3.05) is 22.9 Å². The Morgan fingerprint density at radius 3 is 2.37 bits per heavy atom. The standard InChI is InChI=1S/C23H24N2O4S/c1-15(29-19-12-10-18(11-13-19)25(2)30(3,27)28)23(26)24-21-14-9-17-8-7-16-5-4-6-20(21)22(16)17/h4-6,9-15H,7-8H2,1-3H3,(H,24,26). The molecule has 1 amide bonds. The number of rotatable bonds is 6.